The molecule has 1 aromatic heterocycles. The Kier molecular flexibility index (Phi) is 4.23. The number of hydrogen-bond donors (Lipinski definition) is 1. The Balaban J connectivity index is 0.000001000. The summed E-state index contributed by atoms with van der Waals surface area (Å²) in [5, 5.41) is 0. The smallest absolute Gasteiger partial charge is 0.120 e. The first-order chi connectivity index (χ1) is 4.77. The van der Waals surface area contributed by atoms with Crippen molar-refractivity contribution in [2.24, 2.45) is 5.73 Å². The lowest BCUT2D eigenvalue weighted by Crippen LogP contribution is -1.96. The molecule has 0 aliphatic rings. The van der Waals surface area contributed by atoms with Crippen LogP contribution in [0, 0.1) is 6.92 Å². The number of furan rings is 1. The molecule has 0 saturated heterocycles. The molecular weight excluding hydrogens is 162 g/mol. The van der Waals surface area contributed by atoms with Gasteiger partial charge >= 0.3 is 0 Å². The molecule has 11 heavy (non-hydrogen) atoms. The van der Waals surface area contributed by atoms with E-state index in [9.17, 15) is 0 Å². The monoisotopic (exact) mass is 175 g/mol. The highest BCUT2D eigenvalue weighted by Gasteiger charge is 2.03. The van der Waals surface area contributed by atoms with E-state index in [0.717, 1.165) is 17.9 Å². The normalized spacial score (nSPS) is 9.36. The summed E-state index contributed by atoms with van der Waals surface area (Å²) in [6, 6.07) is 2.04. The van der Waals surface area contributed by atoms with Gasteiger partial charge in [0.2, 0.25) is 0 Å². The standard InChI is InChI=1S/C8H13NO.ClH/c1-3-7-4-6(2)10-8(7)5-9;/h4H,3,5,9H2,1-2H3;1H. The average Bonchev–Trinajstić information content (AvgIpc) is 2.30. The van der Waals surface area contributed by atoms with Crippen molar-refractivity contribution in [1.29, 1.82) is 0 Å². The van der Waals surface area contributed by atoms with E-state index < -0.39 is 0 Å². The van der Waals surface area contributed by atoms with Gasteiger partial charge in [-0.1, -0.05) is 6.92 Å². The molecule has 0 aliphatic heterocycles. The van der Waals surface area contributed by atoms with Gasteiger partial charge in [-0.15, -0.1) is 12.4 Å². The van der Waals surface area contributed by atoms with Crippen LogP contribution in [0.2, 0.25) is 0 Å². The highest BCUT2D eigenvalue weighted by atomic mass is 35.5. The number of nitrogens with two attached hydrogens (primary N) is 1. The molecule has 0 saturated carbocycles. The molecule has 1 aromatic rings. The third-order valence-electron chi connectivity index (χ3n) is 1.59. The fraction of sp³-hybridized carbons (Fsp3) is 0.500. The van der Waals surface area contributed by atoms with Crippen molar-refractivity contribution in [3.8, 4) is 0 Å². The molecule has 0 spiro atoms. The molecule has 0 amide bonds. The molecule has 0 aromatic carbocycles. The van der Waals surface area contributed by atoms with E-state index in [2.05, 4.69) is 6.92 Å². The summed E-state index contributed by atoms with van der Waals surface area (Å²) < 4.78 is 5.33. The van der Waals surface area contributed by atoms with E-state index in [1.165, 1.54) is 5.56 Å². The lowest BCUT2D eigenvalue weighted by atomic mass is 10.2. The van der Waals surface area contributed by atoms with Crippen molar-refractivity contribution in [1.82, 2.24) is 0 Å². The minimum atomic E-state index is 0. The highest BCUT2D eigenvalue weighted by molar-refractivity contribution is 5.85. The zero-order valence-corrected chi connectivity index (χ0v) is 7.70. The predicted octanol–water partition coefficient (Wildman–Crippen LogP) is 2.03. The lowest BCUT2D eigenvalue weighted by molar-refractivity contribution is 0.482. The van der Waals surface area contributed by atoms with E-state index >= 15 is 0 Å². The van der Waals surface area contributed by atoms with E-state index in [-0.39, 0.29) is 12.4 Å². The van der Waals surface area contributed by atoms with E-state index in [0.29, 0.717) is 6.54 Å². The molecule has 0 unspecified atom stereocenters. The van der Waals surface area contributed by atoms with Crippen molar-refractivity contribution in [3.63, 3.8) is 0 Å². The van der Waals surface area contributed by atoms with Gasteiger partial charge in [0.05, 0.1) is 6.54 Å². The SMILES string of the molecule is CCc1cc(C)oc1CN.Cl. The molecule has 0 atom stereocenters. The fourth-order valence-corrected chi connectivity index (χ4v) is 1.09. The summed E-state index contributed by atoms with van der Waals surface area (Å²) in [7, 11) is 0. The summed E-state index contributed by atoms with van der Waals surface area (Å²) in [6.07, 6.45) is 1.00. The zero-order valence-electron chi connectivity index (χ0n) is 6.89. The van der Waals surface area contributed by atoms with Crippen LogP contribution in [-0.2, 0) is 13.0 Å². The first-order valence-corrected chi connectivity index (χ1v) is 3.56. The largest absolute Gasteiger partial charge is 0.465 e. The summed E-state index contributed by atoms with van der Waals surface area (Å²) in [6.45, 7) is 4.55. The Bertz CT molecular complexity index is 198. The van der Waals surface area contributed by atoms with Gasteiger partial charge in [0, 0.05) is 0 Å². The Morgan fingerprint density at radius 1 is 1.55 bits per heavy atom. The van der Waals surface area contributed by atoms with Crippen LogP contribution >= 0.6 is 12.4 Å². The second kappa shape index (κ2) is 4.42. The molecule has 3 heteroatoms. The molecule has 64 valence electrons. The van der Waals surface area contributed by atoms with Gasteiger partial charge in [-0.05, 0) is 25.0 Å². The third-order valence-corrected chi connectivity index (χ3v) is 1.59. The molecule has 0 fully saturated rings. The van der Waals surface area contributed by atoms with Crippen molar-refractivity contribution in [2.45, 2.75) is 26.8 Å². The lowest BCUT2D eigenvalue weighted by Gasteiger charge is -1.92. The number of halogens is 1. The zero-order chi connectivity index (χ0) is 7.56. The minimum Gasteiger partial charge on any atom is -0.465 e. The van der Waals surface area contributed by atoms with Crippen LogP contribution in [0.25, 0.3) is 0 Å². The maximum Gasteiger partial charge on any atom is 0.120 e. The Labute approximate surface area is 73.2 Å². The van der Waals surface area contributed by atoms with E-state index in [4.69, 9.17) is 10.2 Å². The van der Waals surface area contributed by atoms with Crippen LogP contribution in [-0.4, -0.2) is 0 Å². The van der Waals surface area contributed by atoms with Gasteiger partial charge in [-0.2, -0.15) is 0 Å². The fourth-order valence-electron chi connectivity index (χ4n) is 1.09. The average molecular weight is 176 g/mol. The van der Waals surface area contributed by atoms with Crippen LogP contribution in [0.15, 0.2) is 10.5 Å². The van der Waals surface area contributed by atoms with Crippen molar-refractivity contribution in [3.05, 3.63) is 23.2 Å². The molecule has 2 N–H and O–H groups in total. The summed E-state index contributed by atoms with van der Waals surface area (Å²) in [5.41, 5.74) is 6.68. The Hall–Kier alpha value is -0.470. The van der Waals surface area contributed by atoms with Crippen LogP contribution < -0.4 is 5.73 Å². The number of hydrogen-bond acceptors (Lipinski definition) is 2. The Morgan fingerprint density at radius 3 is 2.55 bits per heavy atom. The van der Waals surface area contributed by atoms with Crippen LogP contribution in [0.4, 0.5) is 0 Å². The molecule has 2 nitrogen and oxygen atoms in total. The predicted molar refractivity (Wildman–Crippen MR) is 48.0 cm³/mol. The van der Waals surface area contributed by atoms with Crippen molar-refractivity contribution < 1.29 is 4.42 Å². The second-order valence-corrected chi connectivity index (χ2v) is 2.36. The highest BCUT2D eigenvalue weighted by Crippen LogP contribution is 2.14. The van der Waals surface area contributed by atoms with Crippen LogP contribution in [0.3, 0.4) is 0 Å². The van der Waals surface area contributed by atoms with Crippen LogP contribution in [0.5, 0.6) is 0 Å². The van der Waals surface area contributed by atoms with E-state index in [1.54, 1.807) is 0 Å². The number of aryl methyl sites for hydroxylation is 2. The van der Waals surface area contributed by atoms with E-state index in [1.807, 2.05) is 13.0 Å². The molecule has 1 rings (SSSR count). The van der Waals surface area contributed by atoms with Gasteiger partial charge in [-0.25, -0.2) is 0 Å². The summed E-state index contributed by atoms with van der Waals surface area (Å²) in [4.78, 5) is 0. The first-order valence-electron chi connectivity index (χ1n) is 3.56. The van der Waals surface area contributed by atoms with Gasteiger partial charge in [0.15, 0.2) is 0 Å². The van der Waals surface area contributed by atoms with Gasteiger partial charge < -0.3 is 10.2 Å². The van der Waals surface area contributed by atoms with Crippen molar-refractivity contribution in [2.75, 3.05) is 0 Å². The molecular formula is C8H14ClNO. The second-order valence-electron chi connectivity index (χ2n) is 2.36. The van der Waals surface area contributed by atoms with Gasteiger partial charge in [-0.3, -0.25) is 0 Å². The Morgan fingerprint density at radius 2 is 2.18 bits per heavy atom. The third kappa shape index (κ3) is 2.24. The number of rotatable bonds is 2. The topological polar surface area (TPSA) is 39.2 Å². The first kappa shape index (κ1) is 10.5. The van der Waals surface area contributed by atoms with Gasteiger partial charge in [0.25, 0.3) is 0 Å². The minimum absolute atomic E-state index is 0. The molecule has 1 heterocycles. The molecule has 0 aliphatic carbocycles. The molecule has 0 radical (unpaired) electrons. The molecule has 0 bridgehead atoms. The van der Waals surface area contributed by atoms with Crippen molar-refractivity contribution >= 4 is 12.4 Å². The summed E-state index contributed by atoms with van der Waals surface area (Å²) >= 11 is 0. The summed E-state index contributed by atoms with van der Waals surface area (Å²) in [5.74, 6) is 1.89. The maximum absolute atomic E-state index is 5.45. The quantitative estimate of drug-likeness (QED) is 0.747. The van der Waals surface area contributed by atoms with Gasteiger partial charge in [0.1, 0.15) is 11.5 Å². The van der Waals surface area contributed by atoms with Crippen LogP contribution in [0.1, 0.15) is 24.0 Å². The maximum atomic E-state index is 5.45.